The van der Waals surface area contributed by atoms with Gasteiger partial charge in [0.1, 0.15) is 5.82 Å². The first kappa shape index (κ1) is 17.9. The molecule has 0 unspecified atom stereocenters. The van der Waals surface area contributed by atoms with Crippen molar-refractivity contribution >= 4 is 48.3 Å². The Balaban J connectivity index is 0. The van der Waals surface area contributed by atoms with Gasteiger partial charge >= 0.3 is 0 Å². The molecule has 16 heavy (non-hydrogen) atoms. The van der Waals surface area contributed by atoms with Gasteiger partial charge in [-0.25, -0.2) is 4.98 Å². The zero-order valence-corrected chi connectivity index (χ0v) is 11.3. The largest absolute Gasteiger partial charge is 0.382 e. The highest BCUT2D eigenvalue weighted by molar-refractivity contribution is 6.32. The second-order valence-electron chi connectivity index (χ2n) is 3.25. The average molecular weight is 285 g/mol. The average Bonchev–Trinajstić information content (AvgIpc) is 2.10. The van der Waals surface area contributed by atoms with Crippen LogP contribution < -0.4 is 11.5 Å². The van der Waals surface area contributed by atoms with E-state index in [0.29, 0.717) is 10.8 Å². The Hall–Kier alpha value is -0.480. The molecule has 1 heterocycles. The summed E-state index contributed by atoms with van der Waals surface area (Å²) in [7, 11) is 0. The normalized spacial score (nSPS) is 11.7. The van der Waals surface area contributed by atoms with Crippen LogP contribution in [0.5, 0.6) is 0 Å². The number of nitrogens with two attached hydrogens (primary N) is 2. The quantitative estimate of drug-likeness (QED) is 0.897. The molecule has 0 bridgehead atoms. The topological polar surface area (TPSA) is 64.9 Å². The Kier molecular flexibility index (Phi) is 9.67. The fraction of sp³-hybridized carbons (Fsp3) is 0.300. The molecule has 0 saturated heterocycles. The molecule has 1 aromatic heterocycles. The van der Waals surface area contributed by atoms with Crippen molar-refractivity contribution in [1.82, 2.24) is 4.98 Å². The van der Waals surface area contributed by atoms with Crippen LogP contribution in [0.1, 0.15) is 18.9 Å². The fourth-order valence-electron chi connectivity index (χ4n) is 0.973. The molecule has 4 N–H and O–H groups in total. The second kappa shape index (κ2) is 8.65. The first-order valence-corrected chi connectivity index (χ1v) is 4.80. The van der Waals surface area contributed by atoms with Gasteiger partial charge < -0.3 is 11.5 Å². The molecule has 0 aromatic carbocycles. The summed E-state index contributed by atoms with van der Waals surface area (Å²) in [5.74, 6) is 0.357. The van der Waals surface area contributed by atoms with Gasteiger partial charge in [0, 0.05) is 12.2 Å². The third kappa shape index (κ3) is 6.18. The van der Waals surface area contributed by atoms with Crippen LogP contribution in [-0.2, 0) is 0 Å². The van der Waals surface area contributed by atoms with Gasteiger partial charge in [0.25, 0.3) is 0 Å². The van der Waals surface area contributed by atoms with Crippen molar-refractivity contribution in [2.75, 3.05) is 5.73 Å². The van der Waals surface area contributed by atoms with Gasteiger partial charge in [-0.3, -0.25) is 0 Å². The Morgan fingerprint density at radius 1 is 1.50 bits per heavy atom. The van der Waals surface area contributed by atoms with Crippen LogP contribution in [0.25, 0.3) is 6.08 Å². The van der Waals surface area contributed by atoms with Crippen molar-refractivity contribution in [3.05, 3.63) is 28.9 Å². The van der Waals surface area contributed by atoms with E-state index in [1.807, 2.05) is 19.1 Å². The van der Waals surface area contributed by atoms with E-state index in [1.165, 1.54) is 0 Å². The molecule has 3 nitrogen and oxygen atoms in total. The summed E-state index contributed by atoms with van der Waals surface area (Å²) in [6, 6.07) is 1.95. The number of hydrogen-bond donors (Lipinski definition) is 2. The fourth-order valence-corrected chi connectivity index (χ4v) is 1.15. The number of nitrogens with zero attached hydrogens (tertiary/aromatic N) is 1. The molecule has 0 fully saturated rings. The van der Waals surface area contributed by atoms with Gasteiger partial charge in [-0.1, -0.05) is 23.8 Å². The van der Waals surface area contributed by atoms with Crippen LogP contribution in [0.3, 0.4) is 0 Å². The first-order chi connectivity index (χ1) is 6.59. The third-order valence-electron chi connectivity index (χ3n) is 1.71. The minimum atomic E-state index is 0. The van der Waals surface area contributed by atoms with Crippen LogP contribution >= 0.6 is 36.4 Å². The van der Waals surface area contributed by atoms with Gasteiger partial charge in [-0.15, -0.1) is 24.8 Å². The van der Waals surface area contributed by atoms with E-state index in [1.54, 1.807) is 12.3 Å². The highest BCUT2D eigenvalue weighted by Crippen LogP contribution is 2.17. The van der Waals surface area contributed by atoms with Crippen LogP contribution in [-0.4, -0.2) is 11.0 Å². The lowest BCUT2D eigenvalue weighted by molar-refractivity contribution is 0.759. The summed E-state index contributed by atoms with van der Waals surface area (Å²) in [5.41, 5.74) is 12.0. The molecular weight excluding hydrogens is 268 g/mol. The molecule has 0 radical (unpaired) electrons. The summed E-state index contributed by atoms with van der Waals surface area (Å²) in [6.07, 6.45) is 6.44. The van der Waals surface area contributed by atoms with Crippen LogP contribution in [0.2, 0.25) is 5.02 Å². The van der Waals surface area contributed by atoms with E-state index >= 15 is 0 Å². The SMILES string of the molecule is C[C@H](N)C/C=C/c1cnc(N)c(Cl)c1.Cl.Cl. The van der Waals surface area contributed by atoms with Crippen LogP contribution in [0.15, 0.2) is 18.3 Å². The van der Waals surface area contributed by atoms with Crippen LogP contribution in [0, 0.1) is 0 Å². The first-order valence-electron chi connectivity index (χ1n) is 4.42. The summed E-state index contributed by atoms with van der Waals surface area (Å²) in [6.45, 7) is 1.96. The lowest BCUT2D eigenvalue weighted by Crippen LogP contribution is -2.12. The number of halogens is 3. The maximum Gasteiger partial charge on any atom is 0.142 e. The lowest BCUT2D eigenvalue weighted by atomic mass is 10.2. The van der Waals surface area contributed by atoms with E-state index in [9.17, 15) is 0 Å². The van der Waals surface area contributed by atoms with E-state index in [-0.39, 0.29) is 30.9 Å². The zero-order chi connectivity index (χ0) is 10.6. The van der Waals surface area contributed by atoms with E-state index < -0.39 is 0 Å². The van der Waals surface area contributed by atoms with Crippen molar-refractivity contribution < 1.29 is 0 Å². The molecule has 0 saturated carbocycles. The van der Waals surface area contributed by atoms with Gasteiger partial charge in [-0.05, 0) is 25.0 Å². The Labute approximate surface area is 113 Å². The van der Waals surface area contributed by atoms with Crippen molar-refractivity contribution in [2.45, 2.75) is 19.4 Å². The highest BCUT2D eigenvalue weighted by Gasteiger charge is 1.96. The molecule has 0 amide bonds. The standard InChI is InChI=1S/C10H14ClN3.2ClH/c1-7(12)3-2-4-8-5-9(11)10(13)14-6-8;;/h2,4-7H,3,12H2,1H3,(H2,13,14);2*1H/b4-2+;;/t7-;;/m0../s1. The predicted molar refractivity (Wildman–Crippen MR) is 75.5 cm³/mol. The summed E-state index contributed by atoms with van der Waals surface area (Å²) in [5, 5.41) is 0.480. The third-order valence-corrected chi connectivity index (χ3v) is 2.01. The van der Waals surface area contributed by atoms with Gasteiger partial charge in [0.05, 0.1) is 5.02 Å². The second-order valence-corrected chi connectivity index (χ2v) is 3.66. The van der Waals surface area contributed by atoms with Crippen molar-refractivity contribution in [2.24, 2.45) is 5.73 Å². The van der Waals surface area contributed by atoms with Gasteiger partial charge in [0.2, 0.25) is 0 Å². The van der Waals surface area contributed by atoms with Crippen molar-refractivity contribution in [3.63, 3.8) is 0 Å². The Bertz CT molecular complexity index is 340. The maximum absolute atomic E-state index is 5.81. The zero-order valence-electron chi connectivity index (χ0n) is 8.89. The van der Waals surface area contributed by atoms with Crippen LogP contribution in [0.4, 0.5) is 5.82 Å². The maximum atomic E-state index is 5.81. The van der Waals surface area contributed by atoms with Gasteiger partial charge in [0.15, 0.2) is 0 Å². The van der Waals surface area contributed by atoms with Gasteiger partial charge in [-0.2, -0.15) is 0 Å². The Morgan fingerprint density at radius 2 is 2.12 bits per heavy atom. The summed E-state index contributed by atoms with van der Waals surface area (Å²) in [4.78, 5) is 3.94. The van der Waals surface area contributed by atoms with E-state index in [2.05, 4.69) is 4.98 Å². The molecular formula is C10H16Cl3N3. The minimum Gasteiger partial charge on any atom is -0.382 e. The smallest absolute Gasteiger partial charge is 0.142 e. The molecule has 0 spiro atoms. The Morgan fingerprint density at radius 3 is 2.62 bits per heavy atom. The molecule has 1 aromatic rings. The molecule has 6 heteroatoms. The number of aromatic nitrogens is 1. The predicted octanol–water partition coefficient (Wildman–Crippen LogP) is 2.91. The number of hydrogen-bond acceptors (Lipinski definition) is 3. The van der Waals surface area contributed by atoms with E-state index in [0.717, 1.165) is 12.0 Å². The monoisotopic (exact) mass is 283 g/mol. The highest BCUT2D eigenvalue weighted by atomic mass is 35.5. The summed E-state index contributed by atoms with van der Waals surface area (Å²) < 4.78 is 0. The lowest BCUT2D eigenvalue weighted by Gasteiger charge is -1.99. The van der Waals surface area contributed by atoms with Crippen molar-refractivity contribution in [3.8, 4) is 0 Å². The molecule has 0 aliphatic carbocycles. The van der Waals surface area contributed by atoms with E-state index in [4.69, 9.17) is 23.1 Å². The number of anilines is 1. The molecule has 1 rings (SSSR count). The molecule has 0 aliphatic rings. The number of pyridine rings is 1. The number of nitrogen functional groups attached to an aromatic ring is 1. The minimum absolute atomic E-state index is 0. The molecule has 1 atom stereocenters. The molecule has 0 aliphatic heterocycles. The molecule has 92 valence electrons. The number of rotatable bonds is 3. The van der Waals surface area contributed by atoms with Crippen molar-refractivity contribution in [1.29, 1.82) is 0 Å². The summed E-state index contributed by atoms with van der Waals surface area (Å²) >= 11 is 5.81.